The van der Waals surface area contributed by atoms with Crippen LogP contribution in [0.1, 0.15) is 39.2 Å². The average molecular weight is 381 g/mol. The monoisotopic (exact) mass is 381 g/mol. The molecule has 2 rings (SSSR count). The predicted molar refractivity (Wildman–Crippen MR) is 99.4 cm³/mol. The highest BCUT2D eigenvalue weighted by atomic mass is 32.2. The molecule has 0 aliphatic carbocycles. The quantitative estimate of drug-likeness (QED) is 0.575. The number of amides is 1. The van der Waals surface area contributed by atoms with Gasteiger partial charge in [-0.2, -0.15) is 8.42 Å². The summed E-state index contributed by atoms with van der Waals surface area (Å²) in [5, 5.41) is 0. The summed E-state index contributed by atoms with van der Waals surface area (Å²) in [4.78, 5) is 14.2. The van der Waals surface area contributed by atoms with Crippen molar-refractivity contribution in [3.05, 3.63) is 42.5 Å². The van der Waals surface area contributed by atoms with Crippen LogP contribution in [0.5, 0.6) is 0 Å². The predicted octanol–water partition coefficient (Wildman–Crippen LogP) is 3.65. The standard InChI is InChI=1S/C19H27NO5S/c1-6-15-9-10-16(20(15)18(21)25-19(3,4)5)13-24-26(22,23)17-11-7-14(2)8-12-17/h6-8,11-12,15-16H,1,9-10,13H2,2-5H3/t15-,16-/m1/s1. The topological polar surface area (TPSA) is 72.9 Å². The zero-order chi connectivity index (χ0) is 19.5. The maximum Gasteiger partial charge on any atom is 0.411 e. The molecule has 1 aromatic rings. The van der Waals surface area contributed by atoms with Crippen molar-refractivity contribution in [2.75, 3.05) is 6.61 Å². The van der Waals surface area contributed by atoms with Crippen molar-refractivity contribution < 1.29 is 22.1 Å². The highest BCUT2D eigenvalue weighted by molar-refractivity contribution is 7.86. The fourth-order valence-electron chi connectivity index (χ4n) is 2.85. The normalized spacial score (nSPS) is 20.8. The first-order valence-electron chi connectivity index (χ1n) is 8.63. The van der Waals surface area contributed by atoms with Crippen molar-refractivity contribution in [2.45, 2.75) is 63.1 Å². The number of hydrogen-bond acceptors (Lipinski definition) is 5. The van der Waals surface area contributed by atoms with Gasteiger partial charge >= 0.3 is 6.09 Å². The van der Waals surface area contributed by atoms with Crippen molar-refractivity contribution >= 4 is 16.2 Å². The van der Waals surface area contributed by atoms with Gasteiger partial charge in [0.2, 0.25) is 0 Å². The number of carbonyl (C=O) groups is 1. The lowest BCUT2D eigenvalue weighted by Gasteiger charge is -2.31. The Morgan fingerprint density at radius 3 is 2.42 bits per heavy atom. The lowest BCUT2D eigenvalue weighted by atomic mass is 10.2. The van der Waals surface area contributed by atoms with Crippen molar-refractivity contribution in [3.63, 3.8) is 0 Å². The third-order valence-corrected chi connectivity index (χ3v) is 5.44. The average Bonchev–Trinajstić information content (AvgIpc) is 2.95. The van der Waals surface area contributed by atoms with Crippen LogP contribution in [0.3, 0.4) is 0 Å². The second-order valence-corrected chi connectivity index (χ2v) is 9.09. The fraction of sp³-hybridized carbons (Fsp3) is 0.526. The van der Waals surface area contributed by atoms with Gasteiger partial charge in [0.1, 0.15) is 5.60 Å². The van der Waals surface area contributed by atoms with Crippen LogP contribution in [0, 0.1) is 6.92 Å². The minimum absolute atomic E-state index is 0.102. The molecule has 0 spiro atoms. The molecule has 1 aliphatic heterocycles. The second-order valence-electron chi connectivity index (χ2n) is 7.47. The van der Waals surface area contributed by atoms with Gasteiger partial charge in [0.05, 0.1) is 23.6 Å². The Labute approximate surface area is 155 Å². The molecule has 0 radical (unpaired) electrons. The van der Waals surface area contributed by atoms with Crippen molar-refractivity contribution in [3.8, 4) is 0 Å². The third kappa shape index (κ3) is 5.08. The number of benzene rings is 1. The number of carbonyl (C=O) groups excluding carboxylic acids is 1. The largest absolute Gasteiger partial charge is 0.444 e. The van der Waals surface area contributed by atoms with E-state index in [1.54, 1.807) is 39.0 Å². The molecule has 1 aromatic carbocycles. The summed E-state index contributed by atoms with van der Waals surface area (Å²) in [6, 6.07) is 5.88. The van der Waals surface area contributed by atoms with Gasteiger partial charge in [-0.05, 0) is 52.7 Å². The van der Waals surface area contributed by atoms with Crippen LogP contribution in [0.2, 0.25) is 0 Å². The molecule has 0 unspecified atom stereocenters. The highest BCUT2D eigenvalue weighted by Gasteiger charge is 2.38. The van der Waals surface area contributed by atoms with Crippen LogP contribution in [0.25, 0.3) is 0 Å². The van der Waals surface area contributed by atoms with Gasteiger partial charge in [0.25, 0.3) is 10.1 Å². The molecule has 1 saturated heterocycles. The van der Waals surface area contributed by atoms with Gasteiger partial charge in [-0.1, -0.05) is 23.8 Å². The molecule has 1 heterocycles. The Balaban J connectivity index is 2.10. The van der Waals surface area contributed by atoms with E-state index in [4.69, 9.17) is 8.92 Å². The van der Waals surface area contributed by atoms with Crippen molar-refractivity contribution in [2.24, 2.45) is 0 Å². The SMILES string of the molecule is C=C[C@@H]1CC[C@H](COS(=O)(=O)c2ccc(C)cc2)N1C(=O)OC(C)(C)C. The summed E-state index contributed by atoms with van der Waals surface area (Å²) < 4.78 is 35.4. The number of rotatable bonds is 5. The first kappa shape index (κ1) is 20.5. The van der Waals surface area contributed by atoms with E-state index < -0.39 is 21.8 Å². The molecule has 0 aromatic heterocycles. The molecule has 2 atom stereocenters. The van der Waals surface area contributed by atoms with Crippen LogP contribution < -0.4 is 0 Å². The molecule has 1 amide bonds. The molecule has 144 valence electrons. The van der Waals surface area contributed by atoms with Crippen LogP contribution in [0.15, 0.2) is 41.8 Å². The maximum absolute atomic E-state index is 12.5. The van der Waals surface area contributed by atoms with Crippen LogP contribution in [-0.2, 0) is 19.0 Å². The summed E-state index contributed by atoms with van der Waals surface area (Å²) in [5.74, 6) is 0. The van der Waals surface area contributed by atoms with Gasteiger partial charge < -0.3 is 4.74 Å². The smallest absolute Gasteiger partial charge is 0.411 e. The molecule has 1 fully saturated rings. The zero-order valence-electron chi connectivity index (χ0n) is 15.8. The van der Waals surface area contributed by atoms with E-state index >= 15 is 0 Å². The summed E-state index contributed by atoms with van der Waals surface area (Å²) in [7, 11) is -3.88. The molecular weight excluding hydrogens is 354 g/mol. The summed E-state index contributed by atoms with van der Waals surface area (Å²) in [6.07, 6.45) is 2.51. The molecule has 6 nitrogen and oxygen atoms in total. The molecule has 26 heavy (non-hydrogen) atoms. The minimum atomic E-state index is -3.88. The van der Waals surface area contributed by atoms with Crippen molar-refractivity contribution in [1.82, 2.24) is 4.90 Å². The van der Waals surface area contributed by atoms with E-state index in [1.165, 1.54) is 17.0 Å². The Bertz CT molecular complexity index is 749. The zero-order valence-corrected chi connectivity index (χ0v) is 16.6. The Morgan fingerprint density at radius 2 is 1.88 bits per heavy atom. The second kappa shape index (κ2) is 7.80. The van der Waals surface area contributed by atoms with E-state index in [0.717, 1.165) is 5.56 Å². The third-order valence-electron chi connectivity index (χ3n) is 4.15. The van der Waals surface area contributed by atoms with E-state index in [1.807, 2.05) is 6.92 Å². The van der Waals surface area contributed by atoms with Gasteiger partial charge in [0, 0.05) is 0 Å². The maximum atomic E-state index is 12.5. The van der Waals surface area contributed by atoms with E-state index in [-0.39, 0.29) is 23.6 Å². The molecule has 0 saturated carbocycles. The molecular formula is C19H27NO5S. The number of nitrogens with zero attached hydrogens (tertiary/aromatic N) is 1. The highest BCUT2D eigenvalue weighted by Crippen LogP contribution is 2.28. The van der Waals surface area contributed by atoms with Crippen LogP contribution in [-0.4, -0.2) is 43.7 Å². The van der Waals surface area contributed by atoms with Crippen LogP contribution >= 0.6 is 0 Å². The Hall–Kier alpha value is -1.86. The van der Waals surface area contributed by atoms with Crippen molar-refractivity contribution in [1.29, 1.82) is 0 Å². The van der Waals surface area contributed by atoms with E-state index in [9.17, 15) is 13.2 Å². The van der Waals surface area contributed by atoms with Gasteiger partial charge in [0.15, 0.2) is 0 Å². The number of aryl methyl sites for hydroxylation is 1. The van der Waals surface area contributed by atoms with Gasteiger partial charge in [-0.3, -0.25) is 9.08 Å². The first-order chi connectivity index (χ1) is 12.0. The Morgan fingerprint density at radius 1 is 1.27 bits per heavy atom. The molecule has 7 heteroatoms. The fourth-order valence-corrected chi connectivity index (χ4v) is 3.79. The minimum Gasteiger partial charge on any atom is -0.444 e. The first-order valence-corrected chi connectivity index (χ1v) is 10.0. The summed E-state index contributed by atoms with van der Waals surface area (Å²) in [5.41, 5.74) is 0.329. The van der Waals surface area contributed by atoms with Crippen LogP contribution in [0.4, 0.5) is 4.79 Å². The molecule has 1 aliphatic rings. The van der Waals surface area contributed by atoms with Gasteiger partial charge in [-0.15, -0.1) is 6.58 Å². The Kier molecular flexibility index (Phi) is 6.13. The number of hydrogen-bond donors (Lipinski definition) is 0. The lowest BCUT2D eigenvalue weighted by molar-refractivity contribution is 0.0140. The van der Waals surface area contributed by atoms with E-state index in [2.05, 4.69) is 6.58 Å². The molecule has 0 N–H and O–H groups in total. The summed E-state index contributed by atoms with van der Waals surface area (Å²) >= 11 is 0. The van der Waals surface area contributed by atoms with E-state index in [0.29, 0.717) is 12.8 Å². The summed E-state index contributed by atoms with van der Waals surface area (Å²) in [6.45, 7) is 10.9. The molecule has 0 bridgehead atoms. The lowest BCUT2D eigenvalue weighted by Crippen LogP contribution is -2.45. The number of ether oxygens (including phenoxy) is 1. The van der Waals surface area contributed by atoms with Gasteiger partial charge in [-0.25, -0.2) is 4.79 Å². The number of likely N-dealkylation sites (tertiary alicyclic amines) is 1.